The molecule has 1 unspecified atom stereocenters. The van der Waals surface area contributed by atoms with E-state index in [0.29, 0.717) is 6.54 Å². The van der Waals surface area contributed by atoms with Gasteiger partial charge in [0.1, 0.15) is 0 Å². The maximum Gasteiger partial charge on any atom is 0.335 e. The van der Waals surface area contributed by atoms with Crippen LogP contribution in [-0.2, 0) is 10.0 Å². The van der Waals surface area contributed by atoms with E-state index in [1.807, 2.05) is 13.2 Å². The van der Waals surface area contributed by atoms with Crippen LogP contribution in [0.1, 0.15) is 17.3 Å². The summed E-state index contributed by atoms with van der Waals surface area (Å²) in [5.74, 6) is -1.08. The molecule has 2 N–H and O–H groups in total. The van der Waals surface area contributed by atoms with E-state index in [2.05, 4.69) is 4.72 Å². The highest BCUT2D eigenvalue weighted by Gasteiger charge is 2.15. The lowest BCUT2D eigenvalue weighted by Gasteiger charge is -2.10. The number of sulfonamides is 1. The third kappa shape index (κ3) is 4.01. The summed E-state index contributed by atoms with van der Waals surface area (Å²) in [5, 5.41) is 8.90. The molecule has 1 atom stereocenters. The maximum atomic E-state index is 11.9. The molecule has 0 saturated heterocycles. The Morgan fingerprint density at radius 2 is 1.94 bits per heavy atom. The Labute approximate surface area is 111 Å². The van der Waals surface area contributed by atoms with E-state index in [0.717, 1.165) is 0 Å². The molecule has 0 bridgehead atoms. The Morgan fingerprint density at radius 3 is 2.39 bits per heavy atom. The van der Waals surface area contributed by atoms with Crippen LogP contribution in [0.25, 0.3) is 0 Å². The average Bonchev–Trinajstić information content (AvgIpc) is 2.36. The summed E-state index contributed by atoms with van der Waals surface area (Å²) in [6.45, 7) is 2.25. The van der Waals surface area contributed by atoms with Crippen LogP contribution in [-0.4, -0.2) is 37.5 Å². The third-order valence-electron chi connectivity index (χ3n) is 2.37. The number of benzene rings is 1. The molecule has 18 heavy (non-hydrogen) atoms. The zero-order valence-electron chi connectivity index (χ0n) is 10.1. The second-order valence-electron chi connectivity index (χ2n) is 3.73. The highest BCUT2D eigenvalue weighted by atomic mass is 32.2. The van der Waals surface area contributed by atoms with Gasteiger partial charge in [-0.15, -0.1) is 0 Å². The lowest BCUT2D eigenvalue weighted by atomic mass is 10.2. The minimum atomic E-state index is -3.56. The summed E-state index contributed by atoms with van der Waals surface area (Å²) >= 11 is 1.56. The van der Waals surface area contributed by atoms with Crippen LogP contribution in [0.2, 0.25) is 0 Å². The number of nitrogens with one attached hydrogen (secondary N) is 1. The Kier molecular flexibility index (Phi) is 5.18. The summed E-state index contributed by atoms with van der Waals surface area (Å²) in [6.07, 6.45) is 1.90. The van der Waals surface area contributed by atoms with Crippen molar-refractivity contribution in [2.45, 2.75) is 17.1 Å². The minimum absolute atomic E-state index is 0.0615. The molecule has 1 aromatic rings. The molecule has 0 aromatic heterocycles. The Balaban J connectivity index is 2.82. The number of thioether (sulfide) groups is 1. The molecule has 5 nitrogen and oxygen atoms in total. The third-order valence-corrected chi connectivity index (χ3v) is 4.79. The first-order valence-electron chi connectivity index (χ1n) is 5.22. The van der Waals surface area contributed by atoms with Crippen molar-refractivity contribution in [2.75, 3.05) is 12.8 Å². The normalized spacial score (nSPS) is 13.2. The molecule has 0 aliphatic heterocycles. The van der Waals surface area contributed by atoms with Crippen LogP contribution in [0.4, 0.5) is 0 Å². The lowest BCUT2D eigenvalue weighted by Crippen LogP contribution is -2.29. The number of aromatic carboxylic acids is 1. The second kappa shape index (κ2) is 6.21. The molecule has 0 amide bonds. The van der Waals surface area contributed by atoms with E-state index >= 15 is 0 Å². The first-order chi connectivity index (χ1) is 8.36. The molecular formula is C11H15NO4S2. The van der Waals surface area contributed by atoms with Crippen LogP contribution in [0, 0.1) is 0 Å². The van der Waals surface area contributed by atoms with E-state index in [-0.39, 0.29) is 15.7 Å². The van der Waals surface area contributed by atoms with E-state index in [1.165, 1.54) is 24.3 Å². The summed E-state index contributed by atoms with van der Waals surface area (Å²) in [4.78, 5) is 10.7. The summed E-state index contributed by atoms with van der Waals surface area (Å²) in [5.41, 5.74) is 0.0615. The minimum Gasteiger partial charge on any atom is -0.478 e. The van der Waals surface area contributed by atoms with Gasteiger partial charge >= 0.3 is 5.97 Å². The molecule has 7 heteroatoms. The van der Waals surface area contributed by atoms with E-state index < -0.39 is 16.0 Å². The topological polar surface area (TPSA) is 83.5 Å². The largest absolute Gasteiger partial charge is 0.478 e. The quantitative estimate of drug-likeness (QED) is 0.827. The van der Waals surface area contributed by atoms with Gasteiger partial charge in [0.2, 0.25) is 10.0 Å². The first-order valence-corrected chi connectivity index (χ1v) is 7.99. The number of carboxylic acids is 1. The van der Waals surface area contributed by atoms with Gasteiger partial charge < -0.3 is 5.11 Å². The van der Waals surface area contributed by atoms with E-state index in [9.17, 15) is 13.2 Å². The van der Waals surface area contributed by atoms with Crippen molar-refractivity contribution in [1.82, 2.24) is 4.72 Å². The van der Waals surface area contributed by atoms with Crippen LogP contribution in [0.5, 0.6) is 0 Å². The molecule has 0 saturated carbocycles. The van der Waals surface area contributed by atoms with Gasteiger partial charge in [-0.05, 0) is 30.5 Å². The Morgan fingerprint density at radius 1 is 1.39 bits per heavy atom. The fraction of sp³-hybridized carbons (Fsp3) is 0.364. The number of hydrogen-bond donors (Lipinski definition) is 2. The predicted molar refractivity (Wildman–Crippen MR) is 71.6 cm³/mol. The Bertz CT molecular complexity index is 510. The second-order valence-corrected chi connectivity index (χ2v) is 6.77. The summed E-state index contributed by atoms with van der Waals surface area (Å²) < 4.78 is 26.2. The molecule has 0 heterocycles. The van der Waals surface area contributed by atoms with Gasteiger partial charge in [-0.25, -0.2) is 17.9 Å². The summed E-state index contributed by atoms with van der Waals surface area (Å²) in [7, 11) is -3.56. The fourth-order valence-electron chi connectivity index (χ4n) is 1.17. The van der Waals surface area contributed by atoms with Gasteiger partial charge in [-0.1, -0.05) is 6.92 Å². The van der Waals surface area contributed by atoms with Crippen molar-refractivity contribution in [2.24, 2.45) is 0 Å². The monoisotopic (exact) mass is 289 g/mol. The molecule has 1 rings (SSSR count). The Hall–Kier alpha value is -1.05. The van der Waals surface area contributed by atoms with Crippen molar-refractivity contribution < 1.29 is 18.3 Å². The SMILES string of the molecule is CSC(C)CNS(=O)(=O)c1ccc(C(=O)O)cc1. The smallest absolute Gasteiger partial charge is 0.335 e. The zero-order valence-corrected chi connectivity index (χ0v) is 11.7. The van der Waals surface area contributed by atoms with Crippen molar-refractivity contribution >= 4 is 27.8 Å². The van der Waals surface area contributed by atoms with Gasteiger partial charge in [-0.2, -0.15) is 11.8 Å². The first kappa shape index (κ1) is 15.0. The van der Waals surface area contributed by atoms with Gasteiger partial charge in [0.25, 0.3) is 0 Å². The van der Waals surface area contributed by atoms with Crippen molar-refractivity contribution in [3.8, 4) is 0 Å². The van der Waals surface area contributed by atoms with Gasteiger partial charge in [-0.3, -0.25) is 0 Å². The van der Waals surface area contributed by atoms with Crippen molar-refractivity contribution in [3.63, 3.8) is 0 Å². The fourth-order valence-corrected chi connectivity index (χ4v) is 2.66. The molecule has 0 fully saturated rings. The zero-order chi connectivity index (χ0) is 13.8. The highest BCUT2D eigenvalue weighted by Crippen LogP contribution is 2.11. The van der Waals surface area contributed by atoms with Crippen LogP contribution in [0.15, 0.2) is 29.2 Å². The van der Waals surface area contributed by atoms with Crippen LogP contribution < -0.4 is 4.72 Å². The summed E-state index contributed by atoms with van der Waals surface area (Å²) in [6, 6.07) is 5.12. The number of carboxylic acid groups (broad SMARTS) is 1. The van der Waals surface area contributed by atoms with E-state index in [4.69, 9.17) is 5.11 Å². The molecule has 1 aromatic carbocycles. The van der Waals surface area contributed by atoms with E-state index in [1.54, 1.807) is 11.8 Å². The standard InChI is InChI=1S/C11H15NO4S2/c1-8(17-2)7-12-18(15,16)10-5-3-9(4-6-10)11(13)14/h3-6,8,12H,7H2,1-2H3,(H,13,14). The number of rotatable bonds is 6. The maximum absolute atomic E-state index is 11.9. The van der Waals surface area contributed by atoms with Gasteiger partial charge in [0, 0.05) is 11.8 Å². The number of carbonyl (C=O) groups is 1. The van der Waals surface area contributed by atoms with Gasteiger partial charge in [0.05, 0.1) is 10.5 Å². The number of hydrogen-bond acceptors (Lipinski definition) is 4. The molecule has 0 aliphatic carbocycles. The van der Waals surface area contributed by atoms with Gasteiger partial charge in [0.15, 0.2) is 0 Å². The van der Waals surface area contributed by atoms with Crippen molar-refractivity contribution in [1.29, 1.82) is 0 Å². The predicted octanol–water partition coefficient (Wildman–Crippen LogP) is 1.41. The van der Waals surface area contributed by atoms with Crippen LogP contribution >= 0.6 is 11.8 Å². The molecule has 100 valence electrons. The molecule has 0 spiro atoms. The molecule has 0 radical (unpaired) electrons. The lowest BCUT2D eigenvalue weighted by molar-refractivity contribution is 0.0697. The molecule has 0 aliphatic rings. The average molecular weight is 289 g/mol. The van der Waals surface area contributed by atoms with Crippen LogP contribution in [0.3, 0.4) is 0 Å². The highest BCUT2D eigenvalue weighted by molar-refractivity contribution is 7.99. The van der Waals surface area contributed by atoms with Crippen molar-refractivity contribution in [3.05, 3.63) is 29.8 Å². The molecular weight excluding hydrogens is 274 g/mol.